The summed E-state index contributed by atoms with van der Waals surface area (Å²) in [6, 6.07) is 15.8. The van der Waals surface area contributed by atoms with Crippen molar-refractivity contribution in [3.05, 3.63) is 64.7 Å². The molecule has 6 nitrogen and oxygen atoms in total. The second-order valence-electron chi connectivity index (χ2n) is 8.59. The van der Waals surface area contributed by atoms with E-state index < -0.39 is 0 Å². The molecular weight excluding hydrogens is 420 g/mol. The first-order valence-electron chi connectivity index (χ1n) is 11.4. The molecule has 0 N–H and O–H groups in total. The Morgan fingerprint density at radius 3 is 2.19 bits per heavy atom. The van der Waals surface area contributed by atoms with Gasteiger partial charge in [-0.3, -0.25) is 19.4 Å². The molecule has 2 aliphatic heterocycles. The Labute approximate surface area is 192 Å². The first-order valence-corrected chi connectivity index (χ1v) is 12.2. The topological polar surface area (TPSA) is 56.8 Å². The number of thiazole rings is 1. The number of benzene rings is 2. The van der Waals surface area contributed by atoms with E-state index >= 15 is 0 Å². The Morgan fingerprint density at radius 2 is 1.50 bits per heavy atom. The molecule has 0 radical (unpaired) electrons. The fourth-order valence-corrected chi connectivity index (χ4v) is 5.70. The second kappa shape index (κ2) is 9.10. The van der Waals surface area contributed by atoms with Crippen LogP contribution in [0.4, 0.5) is 0 Å². The average molecular weight is 449 g/mol. The molecule has 32 heavy (non-hydrogen) atoms. The number of carbonyl (C=O) groups excluding carboxylic acids is 2. The van der Waals surface area contributed by atoms with Gasteiger partial charge in [-0.15, -0.1) is 11.3 Å². The summed E-state index contributed by atoms with van der Waals surface area (Å²) in [6.07, 6.45) is 1.83. The lowest BCUT2D eigenvalue weighted by Gasteiger charge is -2.37. The molecule has 0 bridgehead atoms. The molecule has 2 amide bonds. The van der Waals surface area contributed by atoms with E-state index in [1.165, 1.54) is 14.6 Å². The smallest absolute Gasteiger partial charge is 0.261 e. The van der Waals surface area contributed by atoms with E-state index in [1.54, 1.807) is 23.5 Å². The van der Waals surface area contributed by atoms with Crippen molar-refractivity contribution < 1.29 is 9.59 Å². The summed E-state index contributed by atoms with van der Waals surface area (Å²) in [5.74, 6) is -0.300. The summed E-state index contributed by atoms with van der Waals surface area (Å²) in [4.78, 5) is 36.2. The number of unbranched alkanes of at least 4 members (excludes halogenated alkanes) is 1. The molecule has 3 aromatic rings. The number of rotatable bonds is 7. The normalized spacial score (nSPS) is 18.5. The monoisotopic (exact) mass is 448 g/mol. The lowest BCUT2D eigenvalue weighted by Crippen LogP contribution is -2.47. The Bertz CT molecular complexity index is 1070. The third-order valence-corrected chi connectivity index (χ3v) is 7.81. The lowest BCUT2D eigenvalue weighted by atomic mass is 10.1. The summed E-state index contributed by atoms with van der Waals surface area (Å²) in [6.45, 7) is 7.93. The van der Waals surface area contributed by atoms with Crippen molar-refractivity contribution in [3.63, 3.8) is 0 Å². The molecule has 0 spiro atoms. The summed E-state index contributed by atoms with van der Waals surface area (Å²) >= 11 is 1.80. The van der Waals surface area contributed by atoms with Crippen molar-refractivity contribution >= 4 is 33.4 Å². The van der Waals surface area contributed by atoms with Crippen LogP contribution in [0.5, 0.6) is 0 Å². The van der Waals surface area contributed by atoms with Crippen molar-refractivity contribution in [2.75, 3.05) is 39.3 Å². The van der Waals surface area contributed by atoms with Crippen molar-refractivity contribution in [2.45, 2.75) is 25.8 Å². The summed E-state index contributed by atoms with van der Waals surface area (Å²) < 4.78 is 1.26. The highest BCUT2D eigenvalue weighted by Crippen LogP contribution is 2.30. The summed E-state index contributed by atoms with van der Waals surface area (Å²) in [7, 11) is 0. The molecule has 5 rings (SSSR count). The van der Waals surface area contributed by atoms with Crippen molar-refractivity contribution in [1.29, 1.82) is 0 Å². The molecule has 3 heterocycles. The molecule has 7 heteroatoms. The Balaban J connectivity index is 1.06. The van der Waals surface area contributed by atoms with Crippen LogP contribution in [0.1, 0.15) is 51.5 Å². The Kier molecular flexibility index (Phi) is 6.04. The van der Waals surface area contributed by atoms with Crippen molar-refractivity contribution in [3.8, 4) is 0 Å². The molecular formula is C25H28N4O2S. The van der Waals surface area contributed by atoms with Gasteiger partial charge in [0.1, 0.15) is 5.01 Å². The number of aromatic nitrogens is 1. The van der Waals surface area contributed by atoms with Gasteiger partial charge in [0, 0.05) is 32.7 Å². The van der Waals surface area contributed by atoms with E-state index in [0.717, 1.165) is 51.1 Å². The minimum absolute atomic E-state index is 0.150. The maximum absolute atomic E-state index is 12.5. The first-order chi connectivity index (χ1) is 15.6. The molecule has 2 aromatic carbocycles. The van der Waals surface area contributed by atoms with Gasteiger partial charge in [0.05, 0.1) is 27.4 Å². The molecule has 2 aliphatic rings. The van der Waals surface area contributed by atoms with Gasteiger partial charge < -0.3 is 4.90 Å². The van der Waals surface area contributed by atoms with Crippen LogP contribution in [-0.2, 0) is 0 Å². The number of piperazine rings is 1. The number of amides is 2. The van der Waals surface area contributed by atoms with Crippen LogP contribution in [0.2, 0.25) is 0 Å². The summed E-state index contributed by atoms with van der Waals surface area (Å²) in [5, 5.41) is 1.19. The molecule has 1 aromatic heterocycles. The molecule has 166 valence electrons. The SMILES string of the molecule is C[C@H](c1nc2ccccc2s1)N1CCN(CCCCN2C(=O)c3ccccc3C2=O)CC1. The van der Waals surface area contributed by atoms with Gasteiger partial charge in [-0.1, -0.05) is 24.3 Å². The maximum atomic E-state index is 12.5. The number of nitrogens with zero attached hydrogens (tertiary/aromatic N) is 4. The number of hydrogen-bond donors (Lipinski definition) is 0. The lowest BCUT2D eigenvalue weighted by molar-refractivity contribution is 0.0647. The largest absolute Gasteiger partial charge is 0.301 e. The third kappa shape index (κ3) is 4.08. The highest BCUT2D eigenvalue weighted by Gasteiger charge is 2.34. The zero-order valence-corrected chi connectivity index (χ0v) is 19.2. The molecule has 1 atom stereocenters. The van der Waals surface area contributed by atoms with Crippen molar-refractivity contribution in [2.24, 2.45) is 0 Å². The fraction of sp³-hybridized carbons (Fsp3) is 0.400. The van der Waals surface area contributed by atoms with Gasteiger partial charge >= 0.3 is 0 Å². The number of hydrogen-bond acceptors (Lipinski definition) is 6. The van der Waals surface area contributed by atoms with E-state index in [2.05, 4.69) is 34.9 Å². The van der Waals surface area contributed by atoms with Crippen molar-refractivity contribution in [1.82, 2.24) is 19.7 Å². The van der Waals surface area contributed by atoms with Gasteiger partial charge in [-0.05, 0) is 50.6 Å². The Morgan fingerprint density at radius 1 is 0.875 bits per heavy atom. The van der Waals surface area contributed by atoms with Gasteiger partial charge in [0.15, 0.2) is 0 Å². The Hall–Kier alpha value is -2.61. The number of imide groups is 1. The van der Waals surface area contributed by atoms with Gasteiger partial charge in [-0.2, -0.15) is 0 Å². The quantitative estimate of drug-likeness (QED) is 0.403. The highest BCUT2D eigenvalue weighted by molar-refractivity contribution is 7.18. The van der Waals surface area contributed by atoms with E-state index in [1.807, 2.05) is 18.2 Å². The molecule has 0 saturated carbocycles. The van der Waals surface area contributed by atoms with E-state index in [-0.39, 0.29) is 11.8 Å². The summed E-state index contributed by atoms with van der Waals surface area (Å²) in [5.41, 5.74) is 2.17. The van der Waals surface area contributed by atoms with Crippen LogP contribution in [0.25, 0.3) is 10.2 Å². The number of carbonyl (C=O) groups is 2. The van der Waals surface area contributed by atoms with Crippen LogP contribution >= 0.6 is 11.3 Å². The number of para-hydroxylation sites is 1. The average Bonchev–Trinajstić information content (AvgIpc) is 3.37. The highest BCUT2D eigenvalue weighted by atomic mass is 32.1. The minimum Gasteiger partial charge on any atom is -0.301 e. The molecule has 0 aliphatic carbocycles. The molecule has 1 fully saturated rings. The minimum atomic E-state index is -0.150. The van der Waals surface area contributed by atoms with Crippen LogP contribution in [0.15, 0.2) is 48.5 Å². The van der Waals surface area contributed by atoms with Gasteiger partial charge in [-0.25, -0.2) is 4.98 Å². The maximum Gasteiger partial charge on any atom is 0.261 e. The second-order valence-corrected chi connectivity index (χ2v) is 9.65. The predicted molar refractivity (Wildman–Crippen MR) is 127 cm³/mol. The zero-order valence-electron chi connectivity index (χ0n) is 18.4. The third-order valence-electron chi connectivity index (χ3n) is 6.61. The first kappa shape index (κ1) is 21.2. The predicted octanol–water partition coefficient (Wildman–Crippen LogP) is 4.05. The van der Waals surface area contributed by atoms with Gasteiger partial charge in [0.25, 0.3) is 11.8 Å². The van der Waals surface area contributed by atoms with Crippen LogP contribution in [-0.4, -0.2) is 70.8 Å². The number of fused-ring (bicyclic) bond motifs is 2. The molecule has 0 unspecified atom stereocenters. The standard InChI is InChI=1S/C25H28N4O2S/c1-18(23-26-21-10-4-5-11-22(21)32-23)28-16-14-27(15-17-28)12-6-7-13-29-24(30)19-8-2-3-9-20(19)25(29)31/h2-5,8-11,18H,6-7,12-17H2,1H3/t18-/m1/s1. The van der Waals surface area contributed by atoms with Crippen LogP contribution in [0.3, 0.4) is 0 Å². The zero-order chi connectivity index (χ0) is 22.1. The van der Waals surface area contributed by atoms with Gasteiger partial charge in [0.2, 0.25) is 0 Å². The van der Waals surface area contributed by atoms with Crippen LogP contribution in [0, 0.1) is 0 Å². The van der Waals surface area contributed by atoms with E-state index in [9.17, 15) is 9.59 Å². The van der Waals surface area contributed by atoms with E-state index in [0.29, 0.717) is 23.7 Å². The molecule has 1 saturated heterocycles. The van der Waals surface area contributed by atoms with E-state index in [4.69, 9.17) is 4.98 Å². The fourth-order valence-electron chi connectivity index (χ4n) is 4.65. The van der Waals surface area contributed by atoms with Crippen LogP contribution < -0.4 is 0 Å².